The van der Waals surface area contributed by atoms with Crippen LogP contribution in [-0.2, 0) is 0 Å². The van der Waals surface area contributed by atoms with Gasteiger partial charge < -0.3 is 15.4 Å². The number of rotatable bonds is 7. The summed E-state index contributed by atoms with van der Waals surface area (Å²) in [4.78, 5) is 23.6. The van der Waals surface area contributed by atoms with Crippen LogP contribution in [0.25, 0.3) is 0 Å². The van der Waals surface area contributed by atoms with Crippen molar-refractivity contribution in [2.45, 2.75) is 51.2 Å². The summed E-state index contributed by atoms with van der Waals surface area (Å²) in [5, 5.41) is 17.8. The fourth-order valence-corrected chi connectivity index (χ4v) is 5.31. The first kappa shape index (κ1) is 24.8. The smallest absolute Gasteiger partial charge is 0.422 e. The summed E-state index contributed by atoms with van der Waals surface area (Å²) >= 11 is 0. The molecule has 2 aromatic rings. The maximum atomic E-state index is 12.7. The quantitative estimate of drug-likeness (QED) is 0.385. The molecule has 2 aliphatic rings. The minimum Gasteiger partial charge on any atom is -0.484 e. The van der Waals surface area contributed by atoms with E-state index in [4.69, 9.17) is 0 Å². The van der Waals surface area contributed by atoms with Crippen LogP contribution in [-0.4, -0.2) is 36.2 Å². The topological polar surface area (TPSA) is 93.5 Å². The van der Waals surface area contributed by atoms with Crippen molar-refractivity contribution < 1.29 is 27.6 Å². The molecule has 4 rings (SSSR count). The molecule has 188 valence electrons. The van der Waals surface area contributed by atoms with Gasteiger partial charge in [0.1, 0.15) is 5.75 Å². The first-order valence-corrected chi connectivity index (χ1v) is 11.6. The third-order valence-corrected chi connectivity index (χ3v) is 7.02. The Hall–Kier alpha value is -3.30. The van der Waals surface area contributed by atoms with Crippen LogP contribution in [0, 0.1) is 21.4 Å². The van der Waals surface area contributed by atoms with Gasteiger partial charge in [0.25, 0.3) is 11.6 Å². The van der Waals surface area contributed by atoms with E-state index < -0.39 is 12.8 Å². The molecule has 0 aromatic heterocycles. The van der Waals surface area contributed by atoms with Crippen molar-refractivity contribution in [2.24, 2.45) is 11.3 Å². The number of carbonyl (C=O) groups excluding carboxylic acids is 1. The highest BCUT2D eigenvalue weighted by molar-refractivity contribution is 5.94. The summed E-state index contributed by atoms with van der Waals surface area (Å²) in [6.07, 6.45) is -1.41. The number of benzene rings is 2. The summed E-state index contributed by atoms with van der Waals surface area (Å²) in [5.74, 6) is 0.240. The molecule has 7 nitrogen and oxygen atoms in total. The van der Waals surface area contributed by atoms with E-state index in [9.17, 15) is 28.1 Å². The maximum Gasteiger partial charge on any atom is 0.422 e. The molecule has 1 heterocycles. The Morgan fingerprint density at radius 1 is 1.17 bits per heavy atom. The highest BCUT2D eigenvalue weighted by Crippen LogP contribution is 2.52. The van der Waals surface area contributed by atoms with Gasteiger partial charge in [-0.1, -0.05) is 20.3 Å². The average Bonchev–Trinajstić information content (AvgIpc) is 3.30. The molecule has 1 amide bonds. The van der Waals surface area contributed by atoms with Crippen molar-refractivity contribution in [2.75, 3.05) is 18.5 Å². The van der Waals surface area contributed by atoms with Gasteiger partial charge in [-0.05, 0) is 60.6 Å². The minimum absolute atomic E-state index is 0.0387. The molecule has 3 atom stereocenters. The first-order valence-electron chi connectivity index (χ1n) is 11.6. The van der Waals surface area contributed by atoms with Crippen LogP contribution in [0.3, 0.4) is 0 Å². The molecule has 1 saturated carbocycles. The van der Waals surface area contributed by atoms with Crippen LogP contribution >= 0.6 is 0 Å². The van der Waals surface area contributed by atoms with E-state index in [1.165, 1.54) is 30.3 Å². The second-order valence-electron chi connectivity index (χ2n) is 9.95. The van der Waals surface area contributed by atoms with E-state index in [1.54, 1.807) is 12.1 Å². The molecule has 0 saturated heterocycles. The normalized spacial score (nSPS) is 21.5. The van der Waals surface area contributed by atoms with E-state index in [1.807, 2.05) is 0 Å². The summed E-state index contributed by atoms with van der Waals surface area (Å²) in [6.45, 7) is 3.14. The molecule has 35 heavy (non-hydrogen) atoms. The molecule has 0 bridgehead atoms. The van der Waals surface area contributed by atoms with Gasteiger partial charge in [-0.25, -0.2) is 0 Å². The molecular formula is C25H28F3N3O4. The minimum atomic E-state index is -4.43. The number of nitrogens with one attached hydrogen (secondary N) is 2. The lowest BCUT2D eigenvalue weighted by Gasteiger charge is -2.45. The third-order valence-electron chi connectivity index (χ3n) is 7.02. The molecule has 0 radical (unpaired) electrons. The number of hydrogen-bond acceptors (Lipinski definition) is 5. The largest absolute Gasteiger partial charge is 0.484 e. The number of nitro groups is 1. The van der Waals surface area contributed by atoms with Crippen molar-refractivity contribution in [3.8, 4) is 5.75 Å². The van der Waals surface area contributed by atoms with Crippen molar-refractivity contribution in [1.82, 2.24) is 5.32 Å². The van der Waals surface area contributed by atoms with E-state index in [0.29, 0.717) is 18.0 Å². The lowest BCUT2D eigenvalue weighted by molar-refractivity contribution is -0.384. The number of hydrogen-bond donors (Lipinski definition) is 2. The Morgan fingerprint density at radius 3 is 2.54 bits per heavy atom. The number of anilines is 1. The molecule has 2 aromatic carbocycles. The second kappa shape index (κ2) is 9.39. The molecule has 10 heteroatoms. The van der Waals surface area contributed by atoms with Gasteiger partial charge in [-0.2, -0.15) is 13.2 Å². The molecule has 3 unspecified atom stereocenters. The van der Waals surface area contributed by atoms with E-state index >= 15 is 0 Å². The molecule has 0 spiro atoms. The molecule has 2 N–H and O–H groups in total. The number of amides is 1. The number of fused-ring (bicyclic) bond motifs is 3. The number of non-ortho nitro benzene ring substituents is 1. The van der Waals surface area contributed by atoms with E-state index in [0.717, 1.165) is 30.5 Å². The lowest BCUT2D eigenvalue weighted by Crippen LogP contribution is -2.51. The molecule has 1 aliphatic carbocycles. The van der Waals surface area contributed by atoms with Gasteiger partial charge in [-0.15, -0.1) is 0 Å². The van der Waals surface area contributed by atoms with Crippen LogP contribution < -0.4 is 15.4 Å². The van der Waals surface area contributed by atoms with Gasteiger partial charge in [-0.3, -0.25) is 14.9 Å². The average molecular weight is 492 g/mol. The number of ether oxygens (including phenoxy) is 1. The second-order valence-corrected chi connectivity index (χ2v) is 9.95. The zero-order chi connectivity index (χ0) is 25.4. The number of nitro benzene ring substituents is 1. The monoisotopic (exact) mass is 491 g/mol. The molecule has 1 aliphatic heterocycles. The van der Waals surface area contributed by atoms with Crippen LogP contribution in [0.1, 0.15) is 54.9 Å². The van der Waals surface area contributed by atoms with Crippen LogP contribution in [0.4, 0.5) is 24.5 Å². The number of halogens is 3. The van der Waals surface area contributed by atoms with Gasteiger partial charge in [0.05, 0.1) is 4.92 Å². The fourth-order valence-electron chi connectivity index (χ4n) is 5.31. The predicted octanol–water partition coefficient (Wildman–Crippen LogP) is 5.67. The van der Waals surface area contributed by atoms with Crippen LogP contribution in [0.5, 0.6) is 5.75 Å². The number of carbonyl (C=O) groups is 1. The van der Waals surface area contributed by atoms with E-state index in [2.05, 4.69) is 29.2 Å². The predicted molar refractivity (Wildman–Crippen MR) is 125 cm³/mol. The standard InChI is InChI=1S/C25H28F3N3O4/c1-24(2,13-29-23(32)15-6-9-17(10-7-15)35-14-25(26,27)28)22-19-5-3-4-18(19)20-12-16(31(33)34)8-11-21(20)30-22/h6-12,18-19,22,30H,3-5,13-14H2,1-2H3,(H,29,32). The maximum absolute atomic E-state index is 12.7. The van der Waals surface area contributed by atoms with Gasteiger partial charge in [0, 0.05) is 41.4 Å². The number of nitrogens with zero attached hydrogens (tertiary/aromatic N) is 1. The summed E-state index contributed by atoms with van der Waals surface area (Å²) in [7, 11) is 0. The van der Waals surface area contributed by atoms with Crippen LogP contribution in [0.2, 0.25) is 0 Å². The Labute approximate surface area is 201 Å². The van der Waals surface area contributed by atoms with Gasteiger partial charge in [0.15, 0.2) is 6.61 Å². The van der Waals surface area contributed by atoms with Gasteiger partial charge >= 0.3 is 6.18 Å². The van der Waals surface area contributed by atoms with Crippen molar-refractivity contribution in [3.05, 3.63) is 63.7 Å². The third kappa shape index (κ3) is 5.52. The summed E-state index contributed by atoms with van der Waals surface area (Å²) in [5.41, 5.74) is 1.98. The molecular weight excluding hydrogens is 463 g/mol. The SMILES string of the molecule is CC(C)(CNC(=O)c1ccc(OCC(F)(F)F)cc1)C1Nc2ccc([N+](=O)[O-])cc2C2CCCC21. The highest BCUT2D eigenvalue weighted by Gasteiger charge is 2.46. The fraction of sp³-hybridized carbons (Fsp3) is 0.480. The Bertz CT molecular complexity index is 1100. The van der Waals surface area contributed by atoms with Gasteiger partial charge in [0.2, 0.25) is 0 Å². The summed E-state index contributed by atoms with van der Waals surface area (Å²) < 4.78 is 41.6. The zero-order valence-electron chi connectivity index (χ0n) is 19.5. The van der Waals surface area contributed by atoms with Crippen LogP contribution in [0.15, 0.2) is 42.5 Å². The van der Waals surface area contributed by atoms with Crippen molar-refractivity contribution >= 4 is 17.3 Å². The zero-order valence-corrected chi connectivity index (χ0v) is 19.5. The summed E-state index contributed by atoms with van der Waals surface area (Å²) in [6, 6.07) is 10.6. The number of alkyl halides is 3. The van der Waals surface area contributed by atoms with Crippen molar-refractivity contribution in [3.63, 3.8) is 0 Å². The highest BCUT2D eigenvalue weighted by atomic mass is 19.4. The first-order chi connectivity index (χ1) is 16.4. The Kier molecular flexibility index (Phi) is 6.66. The van der Waals surface area contributed by atoms with Crippen molar-refractivity contribution in [1.29, 1.82) is 0 Å². The Morgan fingerprint density at radius 2 is 1.89 bits per heavy atom. The lowest BCUT2D eigenvalue weighted by atomic mass is 9.69. The Balaban J connectivity index is 1.42. The molecule has 1 fully saturated rings. The van der Waals surface area contributed by atoms with E-state index in [-0.39, 0.29) is 39.6 Å².